The van der Waals surface area contributed by atoms with Crippen LogP contribution in [-0.4, -0.2) is 7.11 Å². The van der Waals surface area contributed by atoms with Crippen molar-refractivity contribution in [3.63, 3.8) is 0 Å². The third-order valence-electron chi connectivity index (χ3n) is 2.90. The predicted octanol–water partition coefficient (Wildman–Crippen LogP) is 5.28. The second kappa shape index (κ2) is 6.31. The summed E-state index contributed by atoms with van der Waals surface area (Å²) < 4.78 is 6.20. The maximum absolute atomic E-state index is 6.20. The number of nitrogens with one attached hydrogen (secondary N) is 1. The molecule has 1 atom stereocenters. The van der Waals surface area contributed by atoms with E-state index in [1.54, 1.807) is 7.11 Å². The maximum Gasteiger partial charge on any atom is 0.119 e. The molecule has 1 unspecified atom stereocenters. The maximum atomic E-state index is 6.20. The van der Waals surface area contributed by atoms with Gasteiger partial charge in [0.15, 0.2) is 0 Å². The summed E-state index contributed by atoms with van der Waals surface area (Å²) in [6.07, 6.45) is 0. The molecule has 0 heterocycles. The van der Waals surface area contributed by atoms with Crippen LogP contribution in [0, 0.1) is 0 Å². The normalized spacial score (nSPS) is 12.0. The third-order valence-corrected chi connectivity index (χ3v) is 3.70. The Morgan fingerprint density at radius 2 is 2.00 bits per heavy atom. The summed E-state index contributed by atoms with van der Waals surface area (Å²) in [5.74, 6) is 0.855. The summed E-state index contributed by atoms with van der Waals surface area (Å²) in [5, 5.41) is 4.09. The average Bonchev–Trinajstić information content (AvgIpc) is 2.42. The van der Waals surface area contributed by atoms with Gasteiger partial charge in [0.1, 0.15) is 5.75 Å². The molecule has 0 radical (unpaired) electrons. The van der Waals surface area contributed by atoms with Crippen LogP contribution in [0.4, 0.5) is 5.69 Å². The molecule has 0 saturated carbocycles. The summed E-state index contributed by atoms with van der Waals surface area (Å²) in [5.41, 5.74) is 2.07. The van der Waals surface area contributed by atoms with E-state index < -0.39 is 0 Å². The highest BCUT2D eigenvalue weighted by atomic mass is 79.9. The highest BCUT2D eigenvalue weighted by Crippen LogP contribution is 2.29. The summed E-state index contributed by atoms with van der Waals surface area (Å²) in [6, 6.07) is 13.9. The van der Waals surface area contributed by atoms with E-state index in [-0.39, 0.29) is 6.04 Å². The van der Waals surface area contributed by atoms with Crippen LogP contribution in [0.25, 0.3) is 0 Å². The van der Waals surface area contributed by atoms with Gasteiger partial charge in [-0.05, 0) is 42.8 Å². The van der Waals surface area contributed by atoms with Crippen molar-refractivity contribution in [3.05, 3.63) is 57.5 Å². The molecule has 2 nitrogen and oxygen atoms in total. The Bertz CT molecular complexity index is 574. The standard InChI is InChI=1S/C15H15BrClNO/c1-10(11-4-3-5-13(8-11)19-2)18-15-7-6-12(16)9-14(15)17/h3-10,18H,1-2H3. The first-order valence-corrected chi connectivity index (χ1v) is 7.13. The number of hydrogen-bond acceptors (Lipinski definition) is 2. The lowest BCUT2D eigenvalue weighted by Gasteiger charge is -2.17. The number of benzene rings is 2. The molecule has 0 fully saturated rings. The minimum atomic E-state index is 0.147. The van der Waals surface area contributed by atoms with Crippen molar-refractivity contribution in [1.29, 1.82) is 0 Å². The van der Waals surface area contributed by atoms with E-state index in [9.17, 15) is 0 Å². The first-order chi connectivity index (χ1) is 9.10. The minimum Gasteiger partial charge on any atom is -0.497 e. The first-order valence-electron chi connectivity index (χ1n) is 5.95. The first kappa shape index (κ1) is 14.2. The van der Waals surface area contributed by atoms with E-state index in [4.69, 9.17) is 16.3 Å². The van der Waals surface area contributed by atoms with Crippen molar-refractivity contribution < 1.29 is 4.74 Å². The molecule has 2 rings (SSSR count). The van der Waals surface area contributed by atoms with Gasteiger partial charge in [-0.15, -0.1) is 0 Å². The molecule has 0 bridgehead atoms. The highest BCUT2D eigenvalue weighted by Gasteiger charge is 2.08. The van der Waals surface area contributed by atoms with Crippen LogP contribution in [0.15, 0.2) is 46.9 Å². The monoisotopic (exact) mass is 339 g/mol. The van der Waals surface area contributed by atoms with E-state index >= 15 is 0 Å². The lowest BCUT2D eigenvalue weighted by atomic mass is 10.1. The van der Waals surface area contributed by atoms with E-state index in [2.05, 4.69) is 34.2 Å². The van der Waals surface area contributed by atoms with E-state index in [1.807, 2.05) is 36.4 Å². The van der Waals surface area contributed by atoms with Gasteiger partial charge in [-0.1, -0.05) is 39.7 Å². The van der Waals surface area contributed by atoms with Gasteiger partial charge < -0.3 is 10.1 Å². The summed E-state index contributed by atoms with van der Waals surface area (Å²) in [7, 11) is 1.67. The van der Waals surface area contributed by atoms with Crippen molar-refractivity contribution in [2.45, 2.75) is 13.0 Å². The Morgan fingerprint density at radius 3 is 2.68 bits per heavy atom. The van der Waals surface area contributed by atoms with Crippen LogP contribution in [0.1, 0.15) is 18.5 Å². The topological polar surface area (TPSA) is 21.3 Å². The molecule has 2 aromatic carbocycles. The molecule has 0 amide bonds. The van der Waals surface area contributed by atoms with Crippen LogP contribution in [0.5, 0.6) is 5.75 Å². The molecule has 0 spiro atoms. The minimum absolute atomic E-state index is 0.147. The van der Waals surface area contributed by atoms with Crippen LogP contribution < -0.4 is 10.1 Å². The predicted molar refractivity (Wildman–Crippen MR) is 84.2 cm³/mol. The Hall–Kier alpha value is -1.19. The number of hydrogen-bond donors (Lipinski definition) is 1. The highest BCUT2D eigenvalue weighted by molar-refractivity contribution is 9.10. The molecular weight excluding hydrogens is 326 g/mol. The van der Waals surface area contributed by atoms with Crippen molar-refractivity contribution in [3.8, 4) is 5.75 Å². The lowest BCUT2D eigenvalue weighted by molar-refractivity contribution is 0.414. The molecule has 1 N–H and O–H groups in total. The van der Waals surface area contributed by atoms with Gasteiger partial charge in [0, 0.05) is 10.5 Å². The van der Waals surface area contributed by atoms with Gasteiger partial charge in [-0.2, -0.15) is 0 Å². The number of halogens is 2. The van der Waals surface area contributed by atoms with Crippen molar-refractivity contribution in [2.75, 3.05) is 12.4 Å². The zero-order valence-corrected chi connectivity index (χ0v) is 13.1. The lowest BCUT2D eigenvalue weighted by Crippen LogP contribution is -2.07. The Balaban J connectivity index is 2.17. The molecule has 100 valence electrons. The molecular formula is C15H15BrClNO. The second-order valence-corrected chi connectivity index (χ2v) is 5.59. The van der Waals surface area contributed by atoms with Crippen molar-refractivity contribution >= 4 is 33.2 Å². The summed E-state index contributed by atoms with van der Waals surface area (Å²) >= 11 is 9.60. The average molecular weight is 341 g/mol. The van der Waals surface area contributed by atoms with Crippen molar-refractivity contribution in [2.24, 2.45) is 0 Å². The molecule has 0 saturated heterocycles. The van der Waals surface area contributed by atoms with Gasteiger partial charge in [0.2, 0.25) is 0 Å². The fraction of sp³-hybridized carbons (Fsp3) is 0.200. The summed E-state index contributed by atoms with van der Waals surface area (Å²) in [6.45, 7) is 2.09. The van der Waals surface area contributed by atoms with Crippen LogP contribution in [-0.2, 0) is 0 Å². The van der Waals surface area contributed by atoms with Crippen molar-refractivity contribution in [1.82, 2.24) is 0 Å². The zero-order chi connectivity index (χ0) is 13.8. The number of rotatable bonds is 4. The number of ether oxygens (including phenoxy) is 1. The van der Waals surface area contributed by atoms with E-state index in [0.29, 0.717) is 5.02 Å². The van der Waals surface area contributed by atoms with Gasteiger partial charge in [0.05, 0.1) is 17.8 Å². The molecule has 0 aromatic heterocycles. The fourth-order valence-corrected chi connectivity index (χ4v) is 2.56. The fourth-order valence-electron chi connectivity index (χ4n) is 1.83. The smallest absolute Gasteiger partial charge is 0.119 e. The van der Waals surface area contributed by atoms with E-state index in [0.717, 1.165) is 21.5 Å². The second-order valence-electron chi connectivity index (χ2n) is 4.27. The van der Waals surface area contributed by atoms with E-state index in [1.165, 1.54) is 0 Å². The van der Waals surface area contributed by atoms with Crippen LogP contribution in [0.3, 0.4) is 0 Å². The van der Waals surface area contributed by atoms with Gasteiger partial charge in [-0.3, -0.25) is 0 Å². The molecule has 4 heteroatoms. The third kappa shape index (κ3) is 3.64. The molecule has 0 aliphatic heterocycles. The Morgan fingerprint density at radius 1 is 1.21 bits per heavy atom. The van der Waals surface area contributed by atoms with Crippen LogP contribution >= 0.6 is 27.5 Å². The van der Waals surface area contributed by atoms with Crippen LogP contribution in [0.2, 0.25) is 5.02 Å². The zero-order valence-electron chi connectivity index (χ0n) is 10.8. The SMILES string of the molecule is COc1cccc(C(C)Nc2ccc(Br)cc2Cl)c1. The van der Waals surface area contributed by atoms with Gasteiger partial charge >= 0.3 is 0 Å². The Labute approximate surface area is 126 Å². The number of methoxy groups -OCH3 is 1. The quantitative estimate of drug-likeness (QED) is 0.817. The molecule has 2 aromatic rings. The molecule has 0 aliphatic carbocycles. The number of anilines is 1. The Kier molecular flexibility index (Phi) is 4.72. The molecule has 0 aliphatic rings. The largest absolute Gasteiger partial charge is 0.497 e. The van der Waals surface area contributed by atoms with Gasteiger partial charge in [0.25, 0.3) is 0 Å². The summed E-state index contributed by atoms with van der Waals surface area (Å²) in [4.78, 5) is 0. The van der Waals surface area contributed by atoms with Gasteiger partial charge in [-0.25, -0.2) is 0 Å². The molecule has 19 heavy (non-hydrogen) atoms.